The molecular weight excluding hydrogens is 384 g/mol. The van der Waals surface area contributed by atoms with Crippen molar-refractivity contribution in [2.24, 2.45) is 0 Å². The molecule has 3 rings (SSSR count). The molecule has 3 amide bonds. The Morgan fingerprint density at radius 3 is 2.30 bits per heavy atom. The molecule has 7 nitrogen and oxygen atoms in total. The smallest absolute Gasteiger partial charge is 0.327 e. The standard InChI is InChI=1S/C23H28N2O5/c1-3-17(2)24-14-13-22(27)25(23(24)28)15-18(26)16-29-19-9-11-21(12-10-19)30-20-7-5-4-6-8-20/h4-12,17-18,26H,3,13-16H2,1-2H3/t17-,18-/m0/s1. The molecule has 2 aromatic carbocycles. The maximum atomic E-state index is 12.6. The molecule has 1 fully saturated rings. The molecule has 0 spiro atoms. The summed E-state index contributed by atoms with van der Waals surface area (Å²) in [5, 5.41) is 10.3. The van der Waals surface area contributed by atoms with E-state index in [1.165, 1.54) is 0 Å². The van der Waals surface area contributed by atoms with Gasteiger partial charge in [-0.3, -0.25) is 9.69 Å². The molecule has 30 heavy (non-hydrogen) atoms. The second-order valence-electron chi connectivity index (χ2n) is 7.34. The fourth-order valence-electron chi connectivity index (χ4n) is 3.20. The number of carbonyl (C=O) groups excluding carboxylic acids is 2. The first-order valence-electron chi connectivity index (χ1n) is 10.2. The van der Waals surface area contributed by atoms with Gasteiger partial charge in [0.15, 0.2) is 0 Å². The highest BCUT2D eigenvalue weighted by molar-refractivity contribution is 5.97. The second kappa shape index (κ2) is 10.1. The zero-order chi connectivity index (χ0) is 21.5. The van der Waals surface area contributed by atoms with Crippen molar-refractivity contribution in [1.29, 1.82) is 0 Å². The number of nitrogens with zero attached hydrogens (tertiary/aromatic N) is 2. The average Bonchev–Trinajstić information content (AvgIpc) is 2.76. The molecule has 0 bridgehead atoms. The molecule has 2 aromatic rings. The number of imide groups is 1. The summed E-state index contributed by atoms with van der Waals surface area (Å²) in [4.78, 5) is 27.6. The van der Waals surface area contributed by atoms with Gasteiger partial charge in [0.2, 0.25) is 5.91 Å². The summed E-state index contributed by atoms with van der Waals surface area (Å²) in [5.74, 6) is 1.71. The van der Waals surface area contributed by atoms with Crippen LogP contribution in [0.15, 0.2) is 54.6 Å². The van der Waals surface area contributed by atoms with Gasteiger partial charge in [-0.05, 0) is 49.7 Å². The fourth-order valence-corrected chi connectivity index (χ4v) is 3.20. The van der Waals surface area contributed by atoms with Gasteiger partial charge in [-0.15, -0.1) is 0 Å². The Labute approximate surface area is 176 Å². The van der Waals surface area contributed by atoms with Crippen LogP contribution in [-0.4, -0.2) is 58.7 Å². The maximum Gasteiger partial charge on any atom is 0.327 e. The van der Waals surface area contributed by atoms with E-state index in [-0.39, 0.29) is 37.6 Å². The fraction of sp³-hybridized carbons (Fsp3) is 0.391. The predicted molar refractivity (Wildman–Crippen MR) is 113 cm³/mol. The number of urea groups is 1. The number of β-amino-alcohol motifs (C(OH)–C–C–N with tert-alkyl or cyclic N) is 1. The zero-order valence-electron chi connectivity index (χ0n) is 17.4. The lowest BCUT2D eigenvalue weighted by Crippen LogP contribution is -2.56. The largest absolute Gasteiger partial charge is 0.491 e. The molecular formula is C23H28N2O5. The molecule has 160 valence electrons. The van der Waals surface area contributed by atoms with Crippen molar-refractivity contribution in [3.63, 3.8) is 0 Å². The van der Waals surface area contributed by atoms with Gasteiger partial charge in [-0.25, -0.2) is 4.79 Å². The number of aliphatic hydroxyl groups is 1. The summed E-state index contributed by atoms with van der Waals surface area (Å²) < 4.78 is 11.3. The van der Waals surface area contributed by atoms with E-state index >= 15 is 0 Å². The lowest BCUT2D eigenvalue weighted by molar-refractivity contribution is -0.132. The number of carbonyl (C=O) groups is 2. The summed E-state index contributed by atoms with van der Waals surface area (Å²) in [5.41, 5.74) is 0. The Bertz CT molecular complexity index is 840. The number of rotatable bonds is 9. The molecule has 2 atom stereocenters. The van der Waals surface area contributed by atoms with Crippen molar-refractivity contribution < 1.29 is 24.2 Å². The summed E-state index contributed by atoms with van der Waals surface area (Å²) >= 11 is 0. The molecule has 7 heteroatoms. The monoisotopic (exact) mass is 412 g/mol. The van der Waals surface area contributed by atoms with Gasteiger partial charge in [0.05, 0.1) is 6.54 Å². The Hall–Kier alpha value is -3.06. The van der Waals surface area contributed by atoms with Crippen LogP contribution in [0.1, 0.15) is 26.7 Å². The third kappa shape index (κ3) is 5.51. The molecule has 1 heterocycles. The van der Waals surface area contributed by atoms with E-state index in [0.29, 0.717) is 18.0 Å². The average molecular weight is 412 g/mol. The first-order chi connectivity index (χ1) is 14.5. The first kappa shape index (κ1) is 21.6. The highest BCUT2D eigenvalue weighted by Gasteiger charge is 2.35. The van der Waals surface area contributed by atoms with E-state index in [0.717, 1.165) is 17.1 Å². The molecule has 0 aliphatic carbocycles. The van der Waals surface area contributed by atoms with Gasteiger partial charge in [0.25, 0.3) is 0 Å². The van der Waals surface area contributed by atoms with E-state index in [9.17, 15) is 14.7 Å². The number of benzene rings is 2. The quantitative estimate of drug-likeness (QED) is 0.680. The molecule has 1 aliphatic heterocycles. The van der Waals surface area contributed by atoms with E-state index in [1.54, 1.807) is 29.2 Å². The van der Waals surface area contributed by atoms with Crippen molar-refractivity contribution in [2.45, 2.75) is 38.8 Å². The van der Waals surface area contributed by atoms with Gasteiger partial charge in [0.1, 0.15) is 30.0 Å². The number of aliphatic hydroxyl groups excluding tert-OH is 1. The molecule has 0 unspecified atom stereocenters. The van der Waals surface area contributed by atoms with Crippen molar-refractivity contribution >= 4 is 11.9 Å². The van der Waals surface area contributed by atoms with Gasteiger partial charge >= 0.3 is 6.03 Å². The summed E-state index contributed by atoms with van der Waals surface area (Å²) in [7, 11) is 0. The van der Waals surface area contributed by atoms with Gasteiger partial charge in [0, 0.05) is 19.0 Å². The van der Waals surface area contributed by atoms with Crippen molar-refractivity contribution in [3.8, 4) is 17.2 Å². The Balaban J connectivity index is 1.50. The van der Waals surface area contributed by atoms with Crippen LogP contribution in [0.4, 0.5) is 4.79 Å². The molecule has 1 aliphatic rings. The van der Waals surface area contributed by atoms with Crippen molar-refractivity contribution in [1.82, 2.24) is 9.80 Å². The predicted octanol–water partition coefficient (Wildman–Crippen LogP) is 3.67. The highest BCUT2D eigenvalue weighted by Crippen LogP contribution is 2.23. The SMILES string of the molecule is CC[C@H](C)N1CCC(=O)N(C[C@H](O)COc2ccc(Oc3ccccc3)cc2)C1=O. The lowest BCUT2D eigenvalue weighted by Gasteiger charge is -2.38. The van der Waals surface area contributed by atoms with Gasteiger partial charge in [-0.2, -0.15) is 0 Å². The van der Waals surface area contributed by atoms with Crippen LogP contribution in [0.5, 0.6) is 17.2 Å². The van der Waals surface area contributed by atoms with Crippen molar-refractivity contribution in [3.05, 3.63) is 54.6 Å². The van der Waals surface area contributed by atoms with E-state index in [1.807, 2.05) is 44.2 Å². The minimum atomic E-state index is -0.977. The van der Waals surface area contributed by atoms with E-state index < -0.39 is 6.10 Å². The number of hydrogen-bond donors (Lipinski definition) is 1. The van der Waals surface area contributed by atoms with Crippen LogP contribution >= 0.6 is 0 Å². The first-order valence-corrected chi connectivity index (χ1v) is 10.2. The van der Waals surface area contributed by atoms with Gasteiger partial charge in [-0.1, -0.05) is 25.1 Å². The number of para-hydroxylation sites is 1. The van der Waals surface area contributed by atoms with Crippen molar-refractivity contribution in [2.75, 3.05) is 19.7 Å². The van der Waals surface area contributed by atoms with Crippen LogP contribution in [0.3, 0.4) is 0 Å². The van der Waals surface area contributed by atoms with E-state index in [4.69, 9.17) is 9.47 Å². The maximum absolute atomic E-state index is 12.6. The number of amides is 3. The Kier molecular flexibility index (Phi) is 7.30. The van der Waals surface area contributed by atoms with Gasteiger partial charge < -0.3 is 19.5 Å². The van der Waals surface area contributed by atoms with Crippen LogP contribution in [-0.2, 0) is 4.79 Å². The number of hydrogen-bond acceptors (Lipinski definition) is 5. The molecule has 0 radical (unpaired) electrons. The molecule has 0 aromatic heterocycles. The van der Waals surface area contributed by atoms with E-state index in [2.05, 4.69) is 0 Å². The highest BCUT2D eigenvalue weighted by atomic mass is 16.5. The van der Waals surface area contributed by atoms with Crippen LogP contribution in [0, 0.1) is 0 Å². The zero-order valence-corrected chi connectivity index (χ0v) is 17.4. The Morgan fingerprint density at radius 1 is 1.00 bits per heavy atom. The molecule has 1 N–H and O–H groups in total. The molecule has 1 saturated heterocycles. The summed E-state index contributed by atoms with van der Waals surface area (Å²) in [6.45, 7) is 4.26. The Morgan fingerprint density at radius 2 is 1.63 bits per heavy atom. The lowest BCUT2D eigenvalue weighted by atomic mass is 10.1. The van der Waals surface area contributed by atoms with Crippen LogP contribution in [0.2, 0.25) is 0 Å². The normalized spacial score (nSPS) is 16.4. The minimum absolute atomic E-state index is 0.0285. The minimum Gasteiger partial charge on any atom is -0.491 e. The summed E-state index contributed by atoms with van der Waals surface area (Å²) in [6, 6.07) is 16.2. The number of ether oxygens (including phenoxy) is 2. The molecule has 0 saturated carbocycles. The van der Waals surface area contributed by atoms with Crippen LogP contribution < -0.4 is 9.47 Å². The van der Waals surface area contributed by atoms with Crippen LogP contribution in [0.25, 0.3) is 0 Å². The third-order valence-corrected chi connectivity index (χ3v) is 5.11. The topological polar surface area (TPSA) is 79.3 Å². The second-order valence-corrected chi connectivity index (χ2v) is 7.34. The third-order valence-electron chi connectivity index (χ3n) is 5.11. The summed E-state index contributed by atoms with van der Waals surface area (Å²) in [6.07, 6.45) is 0.102.